The van der Waals surface area contributed by atoms with Crippen molar-refractivity contribution in [3.8, 4) is 5.75 Å². The van der Waals surface area contributed by atoms with Crippen molar-refractivity contribution >= 4 is 5.78 Å². The second kappa shape index (κ2) is 6.37. The van der Waals surface area contributed by atoms with Gasteiger partial charge in [-0.2, -0.15) is 0 Å². The van der Waals surface area contributed by atoms with Crippen molar-refractivity contribution in [1.82, 2.24) is 9.80 Å². The largest absolute Gasteiger partial charge is 0.497 e. The molecule has 0 bridgehead atoms. The summed E-state index contributed by atoms with van der Waals surface area (Å²) in [6.45, 7) is 5.02. The van der Waals surface area contributed by atoms with E-state index in [-0.39, 0.29) is 5.78 Å². The summed E-state index contributed by atoms with van der Waals surface area (Å²) in [5.74, 6) is 1.02. The Balaban J connectivity index is 2.07. The van der Waals surface area contributed by atoms with E-state index in [9.17, 15) is 4.79 Å². The van der Waals surface area contributed by atoms with E-state index in [0.29, 0.717) is 12.5 Å². The zero-order valence-corrected chi connectivity index (χ0v) is 12.8. The Labute approximate surface area is 121 Å². The first kappa shape index (κ1) is 15.0. The van der Waals surface area contributed by atoms with Gasteiger partial charge in [0.15, 0.2) is 5.78 Å². The van der Waals surface area contributed by atoms with Gasteiger partial charge < -0.3 is 14.5 Å². The van der Waals surface area contributed by atoms with Crippen molar-refractivity contribution < 1.29 is 9.53 Å². The molecular formula is C16H24N2O2. The molecule has 0 aliphatic carbocycles. The van der Waals surface area contributed by atoms with Gasteiger partial charge in [0.2, 0.25) is 0 Å². The number of hydrogen-bond acceptors (Lipinski definition) is 4. The van der Waals surface area contributed by atoms with Crippen LogP contribution >= 0.6 is 0 Å². The van der Waals surface area contributed by atoms with Crippen molar-refractivity contribution in [2.45, 2.75) is 19.4 Å². The summed E-state index contributed by atoms with van der Waals surface area (Å²) in [7, 11) is 5.86. The summed E-state index contributed by atoms with van der Waals surface area (Å²) < 4.78 is 5.18. The van der Waals surface area contributed by atoms with Gasteiger partial charge in [-0.1, -0.05) is 0 Å². The molecule has 2 rings (SSSR count). The second-order valence-corrected chi connectivity index (χ2v) is 5.70. The summed E-state index contributed by atoms with van der Waals surface area (Å²) in [6, 6.07) is 5.96. The molecule has 110 valence electrons. The Kier molecular flexibility index (Phi) is 4.78. The maximum absolute atomic E-state index is 12.5. The molecule has 4 heteroatoms. The zero-order chi connectivity index (χ0) is 14.7. The number of piperazine rings is 1. The average molecular weight is 276 g/mol. The summed E-state index contributed by atoms with van der Waals surface area (Å²) >= 11 is 0. The van der Waals surface area contributed by atoms with Gasteiger partial charge in [0.25, 0.3) is 0 Å². The van der Waals surface area contributed by atoms with E-state index in [1.165, 1.54) is 0 Å². The normalized spacial score (nSPS) is 20.9. The number of rotatable bonds is 4. The highest BCUT2D eigenvalue weighted by atomic mass is 16.5. The molecule has 1 fully saturated rings. The van der Waals surface area contributed by atoms with Gasteiger partial charge in [0.05, 0.1) is 7.11 Å². The van der Waals surface area contributed by atoms with E-state index in [1.807, 2.05) is 25.1 Å². The highest BCUT2D eigenvalue weighted by molar-refractivity contribution is 5.98. The standard InChI is InChI=1S/C16H24N2O2/c1-12-9-14(20-4)5-6-15(12)16(19)10-13-11-17(2)7-8-18(13)3/h5-6,9,13H,7-8,10-11H2,1-4H3. The van der Waals surface area contributed by atoms with Crippen LogP contribution in [0.4, 0.5) is 0 Å². The number of carbonyl (C=O) groups is 1. The summed E-state index contributed by atoms with van der Waals surface area (Å²) in [4.78, 5) is 17.1. The minimum absolute atomic E-state index is 0.220. The summed E-state index contributed by atoms with van der Waals surface area (Å²) in [6.07, 6.45) is 0.577. The summed E-state index contributed by atoms with van der Waals surface area (Å²) in [5, 5.41) is 0. The number of ketones is 1. The molecule has 1 aliphatic rings. The molecule has 1 atom stereocenters. The predicted molar refractivity (Wildman–Crippen MR) is 80.6 cm³/mol. The lowest BCUT2D eigenvalue weighted by atomic mass is 9.97. The minimum Gasteiger partial charge on any atom is -0.497 e. The second-order valence-electron chi connectivity index (χ2n) is 5.70. The van der Waals surface area contributed by atoms with Crippen LogP contribution in [-0.2, 0) is 0 Å². The van der Waals surface area contributed by atoms with E-state index in [1.54, 1.807) is 7.11 Å². The molecule has 1 unspecified atom stereocenters. The maximum atomic E-state index is 12.5. The monoisotopic (exact) mass is 276 g/mol. The highest BCUT2D eigenvalue weighted by Gasteiger charge is 2.25. The third-order valence-electron chi connectivity index (χ3n) is 4.14. The van der Waals surface area contributed by atoms with Crippen LogP contribution in [0.2, 0.25) is 0 Å². The van der Waals surface area contributed by atoms with Crippen molar-refractivity contribution in [2.75, 3.05) is 40.8 Å². The van der Waals surface area contributed by atoms with E-state index < -0.39 is 0 Å². The molecule has 4 nitrogen and oxygen atoms in total. The summed E-state index contributed by atoms with van der Waals surface area (Å²) in [5.41, 5.74) is 1.80. The Morgan fingerprint density at radius 3 is 2.75 bits per heavy atom. The van der Waals surface area contributed by atoms with Crippen LogP contribution in [0.15, 0.2) is 18.2 Å². The number of aryl methyl sites for hydroxylation is 1. The SMILES string of the molecule is COc1ccc(C(=O)CC2CN(C)CCN2C)c(C)c1. The van der Waals surface area contributed by atoms with Crippen molar-refractivity contribution in [1.29, 1.82) is 0 Å². The third kappa shape index (κ3) is 3.38. The first-order chi connectivity index (χ1) is 9.51. The van der Waals surface area contributed by atoms with Gasteiger partial charge in [-0.05, 0) is 44.8 Å². The number of carbonyl (C=O) groups excluding carboxylic acids is 1. The topological polar surface area (TPSA) is 32.8 Å². The zero-order valence-electron chi connectivity index (χ0n) is 12.8. The van der Waals surface area contributed by atoms with Crippen molar-refractivity contribution in [3.05, 3.63) is 29.3 Å². The minimum atomic E-state index is 0.220. The van der Waals surface area contributed by atoms with Gasteiger partial charge in [-0.3, -0.25) is 4.79 Å². The Morgan fingerprint density at radius 1 is 1.35 bits per heavy atom. The van der Waals surface area contributed by atoms with E-state index in [4.69, 9.17) is 4.74 Å². The van der Waals surface area contributed by atoms with E-state index in [0.717, 1.165) is 36.5 Å². The lowest BCUT2D eigenvalue weighted by Gasteiger charge is -2.37. The quantitative estimate of drug-likeness (QED) is 0.785. The van der Waals surface area contributed by atoms with Crippen LogP contribution in [0.5, 0.6) is 5.75 Å². The predicted octanol–water partition coefficient (Wildman–Crippen LogP) is 1.82. The Hall–Kier alpha value is -1.39. The van der Waals surface area contributed by atoms with E-state index >= 15 is 0 Å². The number of ether oxygens (including phenoxy) is 1. The number of methoxy groups -OCH3 is 1. The van der Waals surface area contributed by atoms with Gasteiger partial charge >= 0.3 is 0 Å². The molecule has 0 spiro atoms. The number of nitrogens with zero attached hydrogens (tertiary/aromatic N) is 2. The fraction of sp³-hybridized carbons (Fsp3) is 0.562. The van der Waals surface area contributed by atoms with Gasteiger partial charge in [0, 0.05) is 37.7 Å². The van der Waals surface area contributed by atoms with E-state index in [2.05, 4.69) is 23.9 Å². The lowest BCUT2D eigenvalue weighted by molar-refractivity contribution is 0.0809. The molecule has 0 amide bonds. The van der Waals surface area contributed by atoms with Gasteiger partial charge in [-0.15, -0.1) is 0 Å². The molecule has 0 saturated carbocycles. The Morgan fingerprint density at radius 2 is 2.10 bits per heavy atom. The fourth-order valence-electron chi connectivity index (χ4n) is 2.72. The molecule has 1 heterocycles. The Bertz CT molecular complexity index is 487. The van der Waals surface area contributed by atoms with Crippen LogP contribution in [0.25, 0.3) is 0 Å². The third-order valence-corrected chi connectivity index (χ3v) is 4.14. The number of benzene rings is 1. The average Bonchev–Trinajstić information content (AvgIpc) is 2.42. The lowest BCUT2D eigenvalue weighted by Crippen LogP contribution is -2.50. The molecular weight excluding hydrogens is 252 g/mol. The molecule has 1 aliphatic heterocycles. The smallest absolute Gasteiger partial charge is 0.164 e. The number of Topliss-reactive ketones (excluding diaryl/α,β-unsaturated/α-hetero) is 1. The van der Waals surface area contributed by atoms with Crippen LogP contribution < -0.4 is 4.74 Å². The first-order valence-corrected chi connectivity index (χ1v) is 7.08. The molecule has 20 heavy (non-hydrogen) atoms. The number of likely N-dealkylation sites (N-methyl/N-ethyl adjacent to an activating group) is 2. The van der Waals surface area contributed by atoms with Crippen molar-refractivity contribution in [2.24, 2.45) is 0 Å². The molecule has 0 aromatic heterocycles. The molecule has 0 radical (unpaired) electrons. The van der Waals surface area contributed by atoms with Crippen molar-refractivity contribution in [3.63, 3.8) is 0 Å². The van der Waals surface area contributed by atoms with Crippen LogP contribution in [0, 0.1) is 6.92 Å². The maximum Gasteiger partial charge on any atom is 0.164 e. The van der Waals surface area contributed by atoms with Gasteiger partial charge in [0.1, 0.15) is 5.75 Å². The van der Waals surface area contributed by atoms with Crippen LogP contribution in [0.3, 0.4) is 0 Å². The molecule has 0 N–H and O–H groups in total. The first-order valence-electron chi connectivity index (χ1n) is 7.08. The molecule has 1 saturated heterocycles. The molecule has 1 aromatic carbocycles. The molecule has 1 aromatic rings. The number of hydrogen-bond donors (Lipinski definition) is 0. The fourth-order valence-corrected chi connectivity index (χ4v) is 2.72. The highest BCUT2D eigenvalue weighted by Crippen LogP contribution is 2.20. The van der Waals surface area contributed by atoms with Gasteiger partial charge in [-0.25, -0.2) is 0 Å². The van der Waals surface area contributed by atoms with Crippen LogP contribution in [0.1, 0.15) is 22.3 Å². The van der Waals surface area contributed by atoms with Crippen LogP contribution in [-0.4, -0.2) is 62.5 Å².